The molecular formula is C14H19N3O3. The third kappa shape index (κ3) is 3.69. The molecule has 6 heteroatoms. The standard InChI is InChI=1S/C14H19N3O3/c1-9(2)20-13(18)8-16-14(19)12-6-5-10-11(17-12)4-3-7-15-10/h5-6,9,15H,3-4,7-8H2,1-2H3,(H,16,19). The van der Waals surface area contributed by atoms with E-state index in [1.165, 1.54) is 0 Å². The summed E-state index contributed by atoms with van der Waals surface area (Å²) in [6, 6.07) is 3.50. The smallest absolute Gasteiger partial charge is 0.325 e. The minimum absolute atomic E-state index is 0.145. The number of hydrogen-bond acceptors (Lipinski definition) is 5. The van der Waals surface area contributed by atoms with E-state index in [9.17, 15) is 9.59 Å². The Bertz CT molecular complexity index is 514. The highest BCUT2D eigenvalue weighted by Crippen LogP contribution is 2.19. The molecule has 2 heterocycles. The van der Waals surface area contributed by atoms with Crippen molar-refractivity contribution in [1.29, 1.82) is 0 Å². The number of aryl methyl sites for hydroxylation is 1. The minimum Gasteiger partial charge on any atom is -0.462 e. The molecule has 0 fully saturated rings. The van der Waals surface area contributed by atoms with Gasteiger partial charge in [0.25, 0.3) is 5.91 Å². The molecule has 0 atom stereocenters. The minimum atomic E-state index is -0.451. The van der Waals surface area contributed by atoms with E-state index in [0.29, 0.717) is 5.69 Å². The summed E-state index contributed by atoms with van der Waals surface area (Å²) in [5, 5.41) is 5.75. The Morgan fingerprint density at radius 3 is 3.00 bits per heavy atom. The van der Waals surface area contributed by atoms with Crippen LogP contribution in [0.15, 0.2) is 12.1 Å². The SMILES string of the molecule is CC(C)OC(=O)CNC(=O)c1ccc2c(n1)CCCN2. The number of carbonyl (C=O) groups is 2. The molecule has 1 aliphatic rings. The Morgan fingerprint density at radius 1 is 1.45 bits per heavy atom. The van der Waals surface area contributed by atoms with E-state index in [2.05, 4.69) is 15.6 Å². The van der Waals surface area contributed by atoms with E-state index in [1.807, 2.05) is 6.07 Å². The summed E-state index contributed by atoms with van der Waals surface area (Å²) in [7, 11) is 0. The maximum Gasteiger partial charge on any atom is 0.325 e. The molecule has 0 spiro atoms. The maximum absolute atomic E-state index is 11.9. The predicted molar refractivity (Wildman–Crippen MR) is 74.6 cm³/mol. The number of fused-ring (bicyclic) bond motifs is 1. The molecule has 1 aliphatic heterocycles. The Labute approximate surface area is 117 Å². The molecule has 0 aliphatic carbocycles. The van der Waals surface area contributed by atoms with Gasteiger partial charge in [0.2, 0.25) is 0 Å². The highest BCUT2D eigenvalue weighted by atomic mass is 16.5. The summed E-state index contributed by atoms with van der Waals surface area (Å²) in [6.07, 6.45) is 1.68. The predicted octanol–water partition coefficient (Wildman–Crippen LogP) is 1.12. The average molecular weight is 277 g/mol. The Hall–Kier alpha value is -2.11. The van der Waals surface area contributed by atoms with E-state index in [4.69, 9.17) is 4.74 Å². The van der Waals surface area contributed by atoms with Gasteiger partial charge in [0.15, 0.2) is 0 Å². The van der Waals surface area contributed by atoms with Crippen LogP contribution in [-0.4, -0.2) is 36.1 Å². The van der Waals surface area contributed by atoms with Crippen molar-refractivity contribution >= 4 is 17.6 Å². The van der Waals surface area contributed by atoms with Crippen LogP contribution < -0.4 is 10.6 Å². The first kappa shape index (κ1) is 14.3. The van der Waals surface area contributed by atoms with E-state index < -0.39 is 5.97 Å². The largest absolute Gasteiger partial charge is 0.462 e. The number of carbonyl (C=O) groups excluding carboxylic acids is 2. The number of nitrogens with one attached hydrogen (secondary N) is 2. The summed E-state index contributed by atoms with van der Waals surface area (Å²) >= 11 is 0. The summed E-state index contributed by atoms with van der Waals surface area (Å²) in [6.45, 7) is 4.31. The molecule has 0 aromatic carbocycles. The number of nitrogens with zero attached hydrogens (tertiary/aromatic N) is 1. The molecule has 0 saturated heterocycles. The molecule has 2 rings (SSSR count). The van der Waals surface area contributed by atoms with Crippen LogP contribution >= 0.6 is 0 Å². The lowest BCUT2D eigenvalue weighted by Crippen LogP contribution is -2.32. The fourth-order valence-electron chi connectivity index (χ4n) is 2.01. The number of rotatable bonds is 4. The Morgan fingerprint density at radius 2 is 2.25 bits per heavy atom. The Balaban J connectivity index is 1.94. The van der Waals surface area contributed by atoms with E-state index in [1.54, 1.807) is 19.9 Å². The van der Waals surface area contributed by atoms with Crippen LogP contribution in [0.2, 0.25) is 0 Å². The first-order chi connectivity index (χ1) is 9.56. The highest BCUT2D eigenvalue weighted by Gasteiger charge is 2.15. The van der Waals surface area contributed by atoms with Gasteiger partial charge in [-0.2, -0.15) is 0 Å². The Kier molecular flexibility index (Phi) is 4.55. The molecule has 0 radical (unpaired) electrons. The molecule has 6 nitrogen and oxygen atoms in total. The van der Waals surface area contributed by atoms with Gasteiger partial charge in [-0.3, -0.25) is 9.59 Å². The van der Waals surface area contributed by atoms with Gasteiger partial charge >= 0.3 is 5.97 Å². The van der Waals surface area contributed by atoms with E-state index >= 15 is 0 Å². The van der Waals surface area contributed by atoms with Crippen molar-refractivity contribution in [2.75, 3.05) is 18.4 Å². The zero-order chi connectivity index (χ0) is 14.5. The molecule has 20 heavy (non-hydrogen) atoms. The molecule has 0 unspecified atom stereocenters. The van der Waals surface area contributed by atoms with Crippen LogP contribution in [0.3, 0.4) is 0 Å². The molecule has 108 valence electrons. The molecular weight excluding hydrogens is 258 g/mol. The highest BCUT2D eigenvalue weighted by molar-refractivity contribution is 5.94. The topological polar surface area (TPSA) is 80.3 Å². The number of pyridine rings is 1. The van der Waals surface area contributed by atoms with Crippen molar-refractivity contribution in [2.24, 2.45) is 0 Å². The van der Waals surface area contributed by atoms with Gasteiger partial charge in [0, 0.05) is 6.54 Å². The van der Waals surface area contributed by atoms with Crippen molar-refractivity contribution in [3.8, 4) is 0 Å². The molecule has 0 bridgehead atoms. The molecule has 2 N–H and O–H groups in total. The summed E-state index contributed by atoms with van der Waals surface area (Å²) in [4.78, 5) is 27.6. The third-order valence-electron chi connectivity index (χ3n) is 2.87. The van der Waals surface area contributed by atoms with Crippen LogP contribution in [0.25, 0.3) is 0 Å². The number of esters is 1. The van der Waals surface area contributed by atoms with Gasteiger partial charge in [0.05, 0.1) is 17.5 Å². The number of hydrogen-bond donors (Lipinski definition) is 2. The third-order valence-corrected chi connectivity index (χ3v) is 2.87. The lowest BCUT2D eigenvalue weighted by atomic mass is 10.1. The number of aromatic nitrogens is 1. The van der Waals surface area contributed by atoms with Crippen molar-refractivity contribution < 1.29 is 14.3 Å². The van der Waals surface area contributed by atoms with Gasteiger partial charge in [0.1, 0.15) is 12.2 Å². The molecule has 1 amide bonds. The van der Waals surface area contributed by atoms with E-state index in [-0.39, 0.29) is 18.6 Å². The zero-order valence-corrected chi connectivity index (χ0v) is 11.7. The first-order valence-electron chi connectivity index (χ1n) is 6.77. The first-order valence-corrected chi connectivity index (χ1v) is 6.77. The number of ether oxygens (including phenoxy) is 1. The van der Waals surface area contributed by atoms with Gasteiger partial charge in [-0.05, 0) is 38.8 Å². The second kappa shape index (κ2) is 6.36. The molecule has 1 aromatic rings. The fourth-order valence-corrected chi connectivity index (χ4v) is 2.01. The fraction of sp³-hybridized carbons (Fsp3) is 0.500. The van der Waals surface area contributed by atoms with Crippen molar-refractivity contribution in [1.82, 2.24) is 10.3 Å². The normalized spacial score (nSPS) is 13.3. The number of amides is 1. The molecule has 1 aromatic heterocycles. The van der Waals surface area contributed by atoms with Gasteiger partial charge in [-0.25, -0.2) is 4.98 Å². The van der Waals surface area contributed by atoms with Crippen molar-refractivity contribution in [3.05, 3.63) is 23.5 Å². The summed E-state index contributed by atoms with van der Waals surface area (Å²) in [5.74, 6) is -0.813. The van der Waals surface area contributed by atoms with Gasteiger partial charge < -0.3 is 15.4 Å². The van der Waals surface area contributed by atoms with Gasteiger partial charge in [-0.15, -0.1) is 0 Å². The van der Waals surface area contributed by atoms with E-state index in [0.717, 1.165) is 30.8 Å². The van der Waals surface area contributed by atoms with Gasteiger partial charge in [-0.1, -0.05) is 0 Å². The van der Waals surface area contributed by atoms with Crippen LogP contribution in [0.1, 0.15) is 36.5 Å². The monoisotopic (exact) mass is 277 g/mol. The van der Waals surface area contributed by atoms with Crippen LogP contribution in [-0.2, 0) is 16.0 Å². The number of anilines is 1. The summed E-state index contributed by atoms with van der Waals surface area (Å²) < 4.78 is 4.94. The zero-order valence-electron chi connectivity index (χ0n) is 11.7. The van der Waals surface area contributed by atoms with Crippen LogP contribution in [0, 0.1) is 0 Å². The molecule has 0 saturated carbocycles. The van der Waals surface area contributed by atoms with Crippen molar-refractivity contribution in [3.63, 3.8) is 0 Å². The summed E-state index contributed by atoms with van der Waals surface area (Å²) in [5.41, 5.74) is 2.20. The van der Waals surface area contributed by atoms with Crippen LogP contribution in [0.4, 0.5) is 5.69 Å². The second-order valence-corrected chi connectivity index (χ2v) is 4.94. The van der Waals surface area contributed by atoms with Crippen molar-refractivity contribution in [2.45, 2.75) is 32.8 Å². The lowest BCUT2D eigenvalue weighted by Gasteiger charge is -2.17. The average Bonchev–Trinajstić information content (AvgIpc) is 2.43. The quantitative estimate of drug-likeness (QED) is 0.806. The second-order valence-electron chi connectivity index (χ2n) is 4.94. The van der Waals surface area contributed by atoms with Crippen LogP contribution in [0.5, 0.6) is 0 Å². The lowest BCUT2D eigenvalue weighted by molar-refractivity contribution is -0.146. The maximum atomic E-state index is 11.9.